The lowest BCUT2D eigenvalue weighted by molar-refractivity contribution is -0.113. The Hall–Kier alpha value is -2.19. The fourth-order valence-electron chi connectivity index (χ4n) is 4.52. The van der Waals surface area contributed by atoms with Crippen molar-refractivity contribution in [1.29, 1.82) is 0 Å². The van der Waals surface area contributed by atoms with Crippen LogP contribution in [-0.4, -0.2) is 31.4 Å². The Morgan fingerprint density at radius 2 is 1.84 bits per heavy atom. The molecule has 4 rings (SSSR count). The summed E-state index contributed by atoms with van der Waals surface area (Å²) in [5.74, 6) is 1.16. The minimum absolute atomic E-state index is 0.0703. The van der Waals surface area contributed by atoms with Crippen LogP contribution in [0.1, 0.15) is 60.7 Å². The average Bonchev–Trinajstić information content (AvgIpc) is 3.32. The predicted octanol–water partition coefficient (Wildman–Crippen LogP) is 5.87. The van der Waals surface area contributed by atoms with Crippen molar-refractivity contribution in [2.24, 2.45) is 0 Å². The third-order valence-corrected chi connectivity index (χ3v) is 7.49. The van der Waals surface area contributed by atoms with Crippen LogP contribution in [0, 0.1) is 27.7 Å². The van der Waals surface area contributed by atoms with Gasteiger partial charge in [-0.05, 0) is 51.7 Å². The number of carbonyl (C=O) groups excluding carboxylic acids is 1. The SMILES string of the molecule is Cc1cc(C)c(-c2csc(NC(=O)CSc3nnc(C)n3C3CCCCC3)n2)c(C)c1. The van der Waals surface area contributed by atoms with Crippen molar-refractivity contribution in [3.63, 3.8) is 0 Å². The smallest absolute Gasteiger partial charge is 0.236 e. The van der Waals surface area contributed by atoms with E-state index in [-0.39, 0.29) is 5.91 Å². The van der Waals surface area contributed by atoms with Crippen molar-refractivity contribution in [3.05, 3.63) is 40.0 Å². The van der Waals surface area contributed by atoms with Gasteiger partial charge < -0.3 is 9.88 Å². The van der Waals surface area contributed by atoms with E-state index >= 15 is 0 Å². The van der Waals surface area contributed by atoms with Gasteiger partial charge in [0, 0.05) is 17.0 Å². The maximum absolute atomic E-state index is 12.6. The van der Waals surface area contributed by atoms with E-state index in [1.54, 1.807) is 0 Å². The Morgan fingerprint density at radius 1 is 1.13 bits per heavy atom. The van der Waals surface area contributed by atoms with Gasteiger partial charge in [0.25, 0.3) is 0 Å². The van der Waals surface area contributed by atoms with Crippen molar-refractivity contribution in [1.82, 2.24) is 19.7 Å². The fourth-order valence-corrected chi connectivity index (χ4v) is 6.09. The van der Waals surface area contributed by atoms with Crippen LogP contribution < -0.4 is 5.32 Å². The summed E-state index contributed by atoms with van der Waals surface area (Å²) in [6, 6.07) is 4.79. The summed E-state index contributed by atoms with van der Waals surface area (Å²) in [5, 5.41) is 15.0. The first-order valence-electron chi connectivity index (χ1n) is 10.8. The number of benzene rings is 1. The number of amides is 1. The van der Waals surface area contributed by atoms with Gasteiger partial charge in [-0.3, -0.25) is 4.79 Å². The molecule has 0 radical (unpaired) electrons. The molecule has 31 heavy (non-hydrogen) atoms. The molecule has 3 aromatic rings. The molecule has 1 aliphatic carbocycles. The number of carbonyl (C=O) groups is 1. The third-order valence-electron chi connectivity index (χ3n) is 5.79. The van der Waals surface area contributed by atoms with Crippen LogP contribution in [0.5, 0.6) is 0 Å². The highest BCUT2D eigenvalue weighted by Crippen LogP contribution is 2.33. The van der Waals surface area contributed by atoms with Gasteiger partial charge in [0.15, 0.2) is 10.3 Å². The first-order valence-corrected chi connectivity index (χ1v) is 12.7. The van der Waals surface area contributed by atoms with E-state index in [9.17, 15) is 4.79 Å². The minimum Gasteiger partial charge on any atom is -0.303 e. The highest BCUT2D eigenvalue weighted by Gasteiger charge is 2.22. The highest BCUT2D eigenvalue weighted by molar-refractivity contribution is 7.99. The summed E-state index contributed by atoms with van der Waals surface area (Å²) >= 11 is 2.91. The van der Waals surface area contributed by atoms with Gasteiger partial charge in [-0.25, -0.2) is 4.98 Å². The first kappa shape index (κ1) is 22.0. The van der Waals surface area contributed by atoms with Crippen molar-refractivity contribution in [2.75, 3.05) is 11.1 Å². The van der Waals surface area contributed by atoms with Crippen molar-refractivity contribution >= 4 is 34.1 Å². The third kappa shape index (κ3) is 5.01. The van der Waals surface area contributed by atoms with E-state index in [0.717, 1.165) is 22.2 Å². The zero-order valence-corrected chi connectivity index (χ0v) is 20.2. The molecule has 1 N–H and O–H groups in total. The van der Waals surface area contributed by atoms with E-state index in [0.29, 0.717) is 16.9 Å². The zero-order chi connectivity index (χ0) is 22.0. The van der Waals surface area contributed by atoms with Crippen LogP contribution >= 0.6 is 23.1 Å². The maximum atomic E-state index is 12.6. The molecule has 1 amide bonds. The molecule has 1 saturated carbocycles. The second kappa shape index (κ2) is 9.53. The first-order chi connectivity index (χ1) is 14.9. The van der Waals surface area contributed by atoms with Gasteiger partial charge in [0.05, 0.1) is 11.4 Å². The van der Waals surface area contributed by atoms with E-state index in [1.807, 2.05) is 12.3 Å². The number of aromatic nitrogens is 4. The van der Waals surface area contributed by atoms with E-state index in [2.05, 4.69) is 58.0 Å². The van der Waals surface area contributed by atoms with Crippen LogP contribution in [0.4, 0.5) is 5.13 Å². The molecular weight excluding hydrogens is 426 g/mol. The van der Waals surface area contributed by atoms with Gasteiger partial charge in [-0.15, -0.1) is 21.5 Å². The maximum Gasteiger partial charge on any atom is 0.236 e. The monoisotopic (exact) mass is 455 g/mol. The Balaban J connectivity index is 1.40. The molecule has 0 atom stereocenters. The molecule has 8 heteroatoms. The summed E-state index contributed by atoms with van der Waals surface area (Å²) in [6.07, 6.45) is 6.13. The van der Waals surface area contributed by atoms with Crippen molar-refractivity contribution in [3.8, 4) is 11.3 Å². The van der Waals surface area contributed by atoms with Crippen molar-refractivity contribution < 1.29 is 4.79 Å². The molecular formula is C23H29N5OS2. The molecule has 0 aliphatic heterocycles. The standard InChI is InChI=1S/C23H29N5OS2/c1-14-10-15(2)21(16(3)11-14)19-12-30-22(24-19)25-20(29)13-31-23-27-26-17(4)28(23)18-8-6-5-7-9-18/h10-12,18H,5-9,13H2,1-4H3,(H,24,25,29). The number of thiazole rings is 1. The highest BCUT2D eigenvalue weighted by atomic mass is 32.2. The molecule has 164 valence electrons. The summed E-state index contributed by atoms with van der Waals surface area (Å²) in [6.45, 7) is 8.31. The second-order valence-electron chi connectivity index (χ2n) is 8.34. The Labute approximate surface area is 191 Å². The number of hydrogen-bond acceptors (Lipinski definition) is 6. The molecule has 6 nitrogen and oxygen atoms in total. The number of thioether (sulfide) groups is 1. The van der Waals surface area contributed by atoms with Crippen molar-refractivity contribution in [2.45, 2.75) is 71.0 Å². The van der Waals surface area contributed by atoms with Crippen LogP contribution in [0.15, 0.2) is 22.7 Å². The molecule has 1 fully saturated rings. The van der Waals surface area contributed by atoms with Gasteiger partial charge in [-0.1, -0.05) is 48.7 Å². The molecule has 0 spiro atoms. The lowest BCUT2D eigenvalue weighted by Gasteiger charge is -2.24. The van der Waals surface area contributed by atoms with Crippen LogP contribution in [0.25, 0.3) is 11.3 Å². The molecule has 0 bridgehead atoms. The van der Waals surface area contributed by atoms with Crippen LogP contribution in [0.3, 0.4) is 0 Å². The van der Waals surface area contributed by atoms with E-state index < -0.39 is 0 Å². The lowest BCUT2D eigenvalue weighted by Crippen LogP contribution is -2.17. The molecule has 0 unspecified atom stereocenters. The summed E-state index contributed by atoms with van der Waals surface area (Å²) in [7, 11) is 0. The zero-order valence-electron chi connectivity index (χ0n) is 18.6. The van der Waals surface area contributed by atoms with Gasteiger partial charge in [0.2, 0.25) is 5.91 Å². The summed E-state index contributed by atoms with van der Waals surface area (Å²) in [5.41, 5.74) is 5.71. The van der Waals surface area contributed by atoms with Gasteiger partial charge >= 0.3 is 0 Å². The molecule has 2 heterocycles. The minimum atomic E-state index is -0.0703. The normalized spacial score (nSPS) is 14.7. The average molecular weight is 456 g/mol. The fraction of sp³-hybridized carbons (Fsp3) is 0.478. The number of hydrogen-bond donors (Lipinski definition) is 1. The lowest BCUT2D eigenvalue weighted by atomic mass is 9.95. The number of nitrogens with zero attached hydrogens (tertiary/aromatic N) is 4. The van der Waals surface area contributed by atoms with E-state index in [1.165, 1.54) is 71.9 Å². The largest absolute Gasteiger partial charge is 0.303 e. The number of nitrogens with one attached hydrogen (secondary N) is 1. The summed E-state index contributed by atoms with van der Waals surface area (Å²) in [4.78, 5) is 17.2. The predicted molar refractivity (Wildman–Crippen MR) is 128 cm³/mol. The molecule has 1 aromatic carbocycles. The van der Waals surface area contributed by atoms with E-state index in [4.69, 9.17) is 0 Å². The Bertz CT molecular complexity index is 1060. The van der Waals surface area contributed by atoms with Gasteiger partial charge in [-0.2, -0.15) is 0 Å². The number of aryl methyl sites for hydroxylation is 4. The Morgan fingerprint density at radius 3 is 2.55 bits per heavy atom. The topological polar surface area (TPSA) is 72.7 Å². The number of rotatable bonds is 6. The van der Waals surface area contributed by atoms with Gasteiger partial charge in [0.1, 0.15) is 5.82 Å². The summed E-state index contributed by atoms with van der Waals surface area (Å²) < 4.78 is 2.22. The Kier molecular flexibility index (Phi) is 6.77. The molecule has 0 saturated heterocycles. The number of anilines is 1. The van der Waals surface area contributed by atoms with Crippen LogP contribution in [0.2, 0.25) is 0 Å². The molecule has 2 aromatic heterocycles. The molecule has 1 aliphatic rings. The quantitative estimate of drug-likeness (QED) is 0.471. The van der Waals surface area contributed by atoms with Crippen LogP contribution in [-0.2, 0) is 4.79 Å². The second-order valence-corrected chi connectivity index (χ2v) is 10.1.